The Balaban J connectivity index is 2.25. The minimum atomic E-state index is -0.228. The molecule has 1 aliphatic rings. The molecule has 18 heavy (non-hydrogen) atoms. The van der Waals surface area contributed by atoms with E-state index in [2.05, 4.69) is 34.7 Å². The molecule has 0 unspecified atom stereocenters. The van der Waals surface area contributed by atoms with E-state index < -0.39 is 0 Å². The molecular formula is C14H21N3O. The molecule has 0 spiro atoms. The third kappa shape index (κ3) is 2.64. The van der Waals surface area contributed by atoms with Crippen molar-refractivity contribution in [3.8, 4) is 0 Å². The lowest BCUT2D eigenvalue weighted by atomic mass is 9.81. The van der Waals surface area contributed by atoms with E-state index >= 15 is 0 Å². The number of nitrogens with one attached hydrogen (secondary N) is 2. The number of hydrogen-bond acceptors (Lipinski definition) is 2. The zero-order valence-electron chi connectivity index (χ0n) is 11.1. The van der Waals surface area contributed by atoms with Crippen LogP contribution < -0.4 is 10.6 Å². The van der Waals surface area contributed by atoms with Gasteiger partial charge in [0.25, 0.3) is 0 Å². The maximum absolute atomic E-state index is 11.7. The Morgan fingerprint density at radius 3 is 2.39 bits per heavy atom. The topological polar surface area (TPSA) is 44.4 Å². The molecule has 0 atom stereocenters. The summed E-state index contributed by atoms with van der Waals surface area (Å²) in [4.78, 5) is 14.0. The minimum Gasteiger partial charge on any atom is -0.341 e. The third-order valence-electron chi connectivity index (χ3n) is 3.75. The van der Waals surface area contributed by atoms with Gasteiger partial charge in [0.05, 0.1) is 5.54 Å². The minimum absolute atomic E-state index is 0.108. The molecule has 4 nitrogen and oxygen atoms in total. The predicted molar refractivity (Wildman–Crippen MR) is 72.4 cm³/mol. The summed E-state index contributed by atoms with van der Waals surface area (Å²) in [6, 6.07) is 10.2. The number of nitrogens with zero attached hydrogens (tertiary/aromatic N) is 1. The normalized spacial score (nSPS) is 19.2. The first kappa shape index (κ1) is 12.9. The second kappa shape index (κ2) is 5.40. The van der Waals surface area contributed by atoms with Gasteiger partial charge >= 0.3 is 6.03 Å². The first-order valence-electron chi connectivity index (χ1n) is 6.40. The van der Waals surface area contributed by atoms with E-state index in [0.717, 1.165) is 25.9 Å². The van der Waals surface area contributed by atoms with Gasteiger partial charge in [-0.25, -0.2) is 4.79 Å². The van der Waals surface area contributed by atoms with Crippen LogP contribution in [0.15, 0.2) is 30.3 Å². The van der Waals surface area contributed by atoms with Crippen molar-refractivity contribution < 1.29 is 4.79 Å². The monoisotopic (exact) mass is 247 g/mol. The van der Waals surface area contributed by atoms with Crippen molar-refractivity contribution in [3.63, 3.8) is 0 Å². The van der Waals surface area contributed by atoms with Gasteiger partial charge in [0.1, 0.15) is 0 Å². The van der Waals surface area contributed by atoms with Crippen molar-refractivity contribution in [2.75, 3.05) is 27.2 Å². The van der Waals surface area contributed by atoms with E-state index in [1.54, 1.807) is 7.05 Å². The number of piperidine rings is 1. The molecule has 1 aliphatic heterocycles. The van der Waals surface area contributed by atoms with Crippen molar-refractivity contribution >= 4 is 6.03 Å². The van der Waals surface area contributed by atoms with Crippen LogP contribution in [0.2, 0.25) is 0 Å². The number of amides is 2. The van der Waals surface area contributed by atoms with Gasteiger partial charge in [0.2, 0.25) is 0 Å². The molecule has 2 amide bonds. The molecule has 2 N–H and O–H groups in total. The summed E-state index contributed by atoms with van der Waals surface area (Å²) in [6.07, 6.45) is 1.89. The van der Waals surface area contributed by atoms with Crippen LogP contribution in [0.25, 0.3) is 0 Å². The van der Waals surface area contributed by atoms with Crippen molar-refractivity contribution in [1.29, 1.82) is 0 Å². The van der Waals surface area contributed by atoms with Gasteiger partial charge in [0.15, 0.2) is 0 Å². The molecular weight excluding hydrogens is 226 g/mol. The van der Waals surface area contributed by atoms with Gasteiger partial charge in [-0.05, 0) is 25.5 Å². The Kier molecular flexibility index (Phi) is 3.87. The van der Waals surface area contributed by atoms with Gasteiger partial charge < -0.3 is 15.5 Å². The Morgan fingerprint density at radius 2 is 1.83 bits per heavy atom. The summed E-state index contributed by atoms with van der Waals surface area (Å²) < 4.78 is 0. The van der Waals surface area contributed by atoms with Crippen LogP contribution in [-0.4, -0.2) is 38.1 Å². The van der Waals surface area contributed by atoms with Gasteiger partial charge in [-0.1, -0.05) is 30.3 Å². The van der Waals surface area contributed by atoms with Crippen LogP contribution in [0.3, 0.4) is 0 Å². The SMILES string of the molecule is CNC(=O)NC1(c2ccccc2)CCN(C)CC1. The fraction of sp³-hybridized carbons (Fsp3) is 0.500. The lowest BCUT2D eigenvalue weighted by molar-refractivity contribution is 0.157. The maximum Gasteiger partial charge on any atom is 0.315 e. The van der Waals surface area contributed by atoms with Crippen molar-refractivity contribution in [2.45, 2.75) is 18.4 Å². The van der Waals surface area contributed by atoms with Gasteiger partial charge in [-0.3, -0.25) is 0 Å². The Hall–Kier alpha value is -1.55. The summed E-state index contributed by atoms with van der Waals surface area (Å²) in [7, 11) is 3.78. The molecule has 4 heteroatoms. The molecule has 98 valence electrons. The Bertz CT molecular complexity index is 397. The molecule has 0 radical (unpaired) electrons. The second-order valence-corrected chi connectivity index (χ2v) is 4.96. The number of hydrogen-bond donors (Lipinski definition) is 2. The summed E-state index contributed by atoms with van der Waals surface area (Å²) in [5, 5.41) is 5.80. The number of urea groups is 1. The van der Waals surface area contributed by atoms with Gasteiger partial charge in [-0.15, -0.1) is 0 Å². The summed E-state index contributed by atoms with van der Waals surface area (Å²) in [6.45, 7) is 2.00. The van der Waals surface area contributed by atoms with E-state index in [9.17, 15) is 4.79 Å². The van der Waals surface area contributed by atoms with E-state index in [-0.39, 0.29) is 11.6 Å². The molecule has 0 bridgehead atoms. The van der Waals surface area contributed by atoms with E-state index in [1.165, 1.54) is 5.56 Å². The summed E-state index contributed by atoms with van der Waals surface area (Å²) in [5.74, 6) is 0. The molecule has 1 aromatic rings. The zero-order chi connectivity index (χ0) is 13.0. The molecule has 1 aromatic carbocycles. The molecule has 1 saturated heterocycles. The summed E-state index contributed by atoms with van der Waals surface area (Å²) in [5.41, 5.74) is 0.968. The fourth-order valence-electron chi connectivity index (χ4n) is 2.52. The number of carbonyl (C=O) groups is 1. The van der Waals surface area contributed by atoms with Gasteiger partial charge in [0, 0.05) is 20.1 Å². The Labute approximate surface area is 108 Å². The average Bonchev–Trinajstić information content (AvgIpc) is 2.42. The molecule has 1 heterocycles. The van der Waals surface area contributed by atoms with Crippen molar-refractivity contribution in [2.24, 2.45) is 0 Å². The highest BCUT2D eigenvalue weighted by Gasteiger charge is 2.36. The average molecular weight is 247 g/mol. The Morgan fingerprint density at radius 1 is 1.22 bits per heavy atom. The molecule has 1 fully saturated rings. The van der Waals surface area contributed by atoms with Gasteiger partial charge in [-0.2, -0.15) is 0 Å². The molecule has 0 saturated carbocycles. The second-order valence-electron chi connectivity index (χ2n) is 4.96. The van der Waals surface area contributed by atoms with Crippen LogP contribution in [-0.2, 0) is 5.54 Å². The first-order valence-corrected chi connectivity index (χ1v) is 6.40. The maximum atomic E-state index is 11.7. The summed E-state index contributed by atoms with van der Waals surface area (Å²) >= 11 is 0. The third-order valence-corrected chi connectivity index (χ3v) is 3.75. The highest BCUT2D eigenvalue weighted by molar-refractivity contribution is 5.74. The highest BCUT2D eigenvalue weighted by Crippen LogP contribution is 2.32. The van der Waals surface area contributed by atoms with Crippen LogP contribution in [0.4, 0.5) is 4.79 Å². The number of benzene rings is 1. The van der Waals surface area contributed by atoms with Crippen LogP contribution in [0, 0.1) is 0 Å². The molecule has 0 aliphatic carbocycles. The fourth-order valence-corrected chi connectivity index (χ4v) is 2.52. The van der Waals surface area contributed by atoms with E-state index in [4.69, 9.17) is 0 Å². The molecule has 0 aromatic heterocycles. The zero-order valence-corrected chi connectivity index (χ0v) is 11.1. The highest BCUT2D eigenvalue weighted by atomic mass is 16.2. The van der Waals surface area contributed by atoms with Crippen LogP contribution >= 0.6 is 0 Å². The van der Waals surface area contributed by atoms with Crippen molar-refractivity contribution in [3.05, 3.63) is 35.9 Å². The first-order chi connectivity index (χ1) is 8.66. The quantitative estimate of drug-likeness (QED) is 0.832. The largest absolute Gasteiger partial charge is 0.341 e. The van der Waals surface area contributed by atoms with E-state index in [0.29, 0.717) is 0 Å². The number of rotatable bonds is 2. The predicted octanol–water partition coefficient (Wildman–Crippen LogP) is 1.54. The van der Waals surface area contributed by atoms with Crippen molar-refractivity contribution in [1.82, 2.24) is 15.5 Å². The molecule has 2 rings (SSSR count). The van der Waals surface area contributed by atoms with Crippen LogP contribution in [0.1, 0.15) is 18.4 Å². The smallest absolute Gasteiger partial charge is 0.315 e. The number of carbonyl (C=O) groups excluding carboxylic acids is 1. The lowest BCUT2D eigenvalue weighted by Crippen LogP contribution is -2.54. The van der Waals surface area contributed by atoms with Crippen LogP contribution in [0.5, 0.6) is 0 Å². The van der Waals surface area contributed by atoms with E-state index in [1.807, 2.05) is 18.2 Å². The standard InChI is InChI=1S/C14H21N3O/c1-15-13(18)16-14(8-10-17(2)11-9-14)12-6-4-3-5-7-12/h3-7H,8-11H2,1-2H3,(H2,15,16,18). The number of likely N-dealkylation sites (tertiary alicyclic amines) is 1. The lowest BCUT2D eigenvalue weighted by Gasteiger charge is -2.41.